The quantitative estimate of drug-likeness (QED) is 0.174. The van der Waals surface area contributed by atoms with Crippen LogP contribution < -0.4 is 0 Å². The predicted molar refractivity (Wildman–Crippen MR) is 215 cm³/mol. The van der Waals surface area contributed by atoms with Crippen molar-refractivity contribution in [1.82, 2.24) is 9.13 Å². The zero-order chi connectivity index (χ0) is 34.5. The Labute approximate surface area is 297 Å². The van der Waals surface area contributed by atoms with Crippen LogP contribution in [0.4, 0.5) is 0 Å². The maximum Gasteiger partial charge on any atom is 0.101 e. The van der Waals surface area contributed by atoms with E-state index >= 15 is 0 Å². The van der Waals surface area contributed by atoms with E-state index in [0.717, 1.165) is 75.9 Å². The third-order valence-corrected chi connectivity index (χ3v) is 10.9. The molecule has 4 heteroatoms. The fourth-order valence-corrected chi connectivity index (χ4v) is 8.88. The van der Waals surface area contributed by atoms with Gasteiger partial charge in [0, 0.05) is 32.3 Å². The van der Waals surface area contributed by atoms with E-state index in [4.69, 9.17) is 0 Å². The summed E-state index contributed by atoms with van der Waals surface area (Å²) in [6, 6.07) is 59.8. The number of benzene rings is 9. The van der Waals surface area contributed by atoms with Gasteiger partial charge in [0.15, 0.2) is 0 Å². The normalized spacial score (nSPS) is 11.8. The number of rotatable bonds is 2. The highest BCUT2D eigenvalue weighted by Crippen LogP contribution is 2.45. The summed E-state index contributed by atoms with van der Waals surface area (Å²) in [7, 11) is 0. The molecule has 0 unspecified atom stereocenters. The Morgan fingerprint density at radius 1 is 0.327 bits per heavy atom. The SMILES string of the molecule is N#Cc1cc(-n2c3ccccc3c3c4ccccc4c4ccccc4c32)c(C#N)cc1-n1c2ccccc2c2c3ccccc3c3ccccc3c21. The molecule has 2 heterocycles. The maximum absolute atomic E-state index is 11.0. The Kier molecular flexibility index (Phi) is 5.77. The topological polar surface area (TPSA) is 57.4 Å². The van der Waals surface area contributed by atoms with Crippen molar-refractivity contribution < 1.29 is 0 Å². The number of para-hydroxylation sites is 2. The Balaban J connectivity index is 1.31. The Morgan fingerprint density at radius 3 is 0.981 bits per heavy atom. The van der Waals surface area contributed by atoms with E-state index in [0.29, 0.717) is 22.5 Å². The van der Waals surface area contributed by atoms with Gasteiger partial charge in [0.25, 0.3) is 0 Å². The zero-order valence-corrected chi connectivity index (χ0v) is 27.8. The van der Waals surface area contributed by atoms with E-state index in [1.54, 1.807) is 0 Å². The summed E-state index contributed by atoms with van der Waals surface area (Å²) in [6.07, 6.45) is 0. The summed E-state index contributed by atoms with van der Waals surface area (Å²) < 4.78 is 4.41. The lowest BCUT2D eigenvalue weighted by atomic mass is 9.96. The molecule has 238 valence electrons. The summed E-state index contributed by atoms with van der Waals surface area (Å²) in [5, 5.41) is 35.7. The lowest BCUT2D eigenvalue weighted by molar-refractivity contribution is 1.13. The molecule has 11 rings (SSSR count). The fourth-order valence-electron chi connectivity index (χ4n) is 8.88. The highest BCUT2D eigenvalue weighted by Gasteiger charge is 2.24. The van der Waals surface area contributed by atoms with E-state index in [-0.39, 0.29) is 0 Å². The van der Waals surface area contributed by atoms with Gasteiger partial charge < -0.3 is 9.13 Å². The summed E-state index contributed by atoms with van der Waals surface area (Å²) >= 11 is 0. The van der Waals surface area contributed by atoms with Gasteiger partial charge in [-0.2, -0.15) is 10.5 Å². The smallest absolute Gasteiger partial charge is 0.101 e. The molecule has 52 heavy (non-hydrogen) atoms. The van der Waals surface area contributed by atoms with Crippen LogP contribution in [0.5, 0.6) is 0 Å². The highest BCUT2D eigenvalue weighted by atomic mass is 15.0. The van der Waals surface area contributed by atoms with Crippen molar-refractivity contribution in [3.8, 4) is 23.5 Å². The maximum atomic E-state index is 11.0. The first-order valence-electron chi connectivity index (χ1n) is 17.4. The molecule has 0 aliphatic carbocycles. The van der Waals surface area contributed by atoms with Crippen LogP contribution in [0.25, 0.3) is 98.1 Å². The molecule has 0 amide bonds. The molecule has 0 saturated heterocycles. The number of aromatic nitrogens is 2. The summed E-state index contributed by atoms with van der Waals surface area (Å²) in [5.41, 5.74) is 6.38. The van der Waals surface area contributed by atoms with E-state index in [2.05, 4.69) is 155 Å². The number of fused-ring (bicyclic) bond motifs is 16. The molecule has 11 aromatic rings. The van der Waals surface area contributed by atoms with Gasteiger partial charge in [-0.1, -0.05) is 133 Å². The van der Waals surface area contributed by atoms with Crippen molar-refractivity contribution in [2.45, 2.75) is 0 Å². The van der Waals surface area contributed by atoms with Crippen LogP contribution in [0, 0.1) is 22.7 Å². The van der Waals surface area contributed by atoms with Crippen LogP contribution in [-0.4, -0.2) is 9.13 Å². The first-order valence-corrected chi connectivity index (χ1v) is 17.4. The van der Waals surface area contributed by atoms with E-state index < -0.39 is 0 Å². The van der Waals surface area contributed by atoms with Crippen molar-refractivity contribution in [3.63, 3.8) is 0 Å². The lowest BCUT2D eigenvalue weighted by Gasteiger charge is -2.17. The lowest BCUT2D eigenvalue weighted by Crippen LogP contribution is -2.04. The van der Waals surface area contributed by atoms with Gasteiger partial charge in [0.05, 0.1) is 44.6 Å². The average Bonchev–Trinajstić information content (AvgIpc) is 3.75. The molecule has 0 spiro atoms. The van der Waals surface area contributed by atoms with Crippen molar-refractivity contribution in [3.05, 3.63) is 169 Å². The predicted octanol–water partition coefficient (Wildman–Crippen LogP) is 12.2. The molecule has 0 aliphatic rings. The molecule has 0 aliphatic heterocycles. The molecule has 0 radical (unpaired) electrons. The highest BCUT2D eigenvalue weighted by molar-refractivity contribution is 6.33. The van der Waals surface area contributed by atoms with Gasteiger partial charge in [-0.25, -0.2) is 0 Å². The Morgan fingerprint density at radius 2 is 0.615 bits per heavy atom. The van der Waals surface area contributed by atoms with Crippen LogP contribution in [-0.2, 0) is 0 Å². The molecule has 0 bridgehead atoms. The van der Waals surface area contributed by atoms with Gasteiger partial charge >= 0.3 is 0 Å². The van der Waals surface area contributed by atoms with Crippen LogP contribution >= 0.6 is 0 Å². The average molecular weight is 659 g/mol. The second kappa shape index (κ2) is 10.6. The molecule has 0 N–H and O–H groups in total. The monoisotopic (exact) mass is 658 g/mol. The van der Waals surface area contributed by atoms with Crippen molar-refractivity contribution in [1.29, 1.82) is 10.5 Å². The minimum Gasteiger partial charge on any atom is -0.307 e. The van der Waals surface area contributed by atoms with Gasteiger partial charge in [-0.3, -0.25) is 0 Å². The van der Waals surface area contributed by atoms with Crippen molar-refractivity contribution >= 4 is 86.7 Å². The largest absolute Gasteiger partial charge is 0.307 e. The van der Waals surface area contributed by atoms with Crippen LogP contribution in [0.15, 0.2) is 158 Å². The molecular weight excluding hydrogens is 633 g/mol. The Bertz CT molecular complexity index is 3210. The number of hydrogen-bond donors (Lipinski definition) is 0. The summed E-state index contributed by atoms with van der Waals surface area (Å²) in [4.78, 5) is 0. The number of nitrogens with zero attached hydrogens (tertiary/aromatic N) is 4. The van der Waals surface area contributed by atoms with E-state index in [1.807, 2.05) is 24.3 Å². The standard InChI is InChI=1S/C48H26N4/c49-27-29-26-44(52-42-24-12-10-22-40(42)46-36-18-6-2-14-32(36)34-16-4-8-20-38(34)48(46)52)30(28-50)25-43(29)51-41-23-11-9-21-39(41)45-35-17-5-1-13-31(35)33-15-3-7-19-37(33)47(45)51/h1-26H. The van der Waals surface area contributed by atoms with Gasteiger partial charge in [-0.05, 0) is 56.6 Å². The second-order valence-corrected chi connectivity index (χ2v) is 13.4. The van der Waals surface area contributed by atoms with Crippen molar-refractivity contribution in [2.24, 2.45) is 0 Å². The molecule has 4 nitrogen and oxygen atoms in total. The number of nitriles is 2. The van der Waals surface area contributed by atoms with Crippen molar-refractivity contribution in [2.75, 3.05) is 0 Å². The fraction of sp³-hybridized carbons (Fsp3) is 0. The second-order valence-electron chi connectivity index (χ2n) is 13.4. The van der Waals surface area contributed by atoms with Crippen LogP contribution in [0.2, 0.25) is 0 Å². The molecular formula is C48H26N4. The third-order valence-electron chi connectivity index (χ3n) is 10.9. The van der Waals surface area contributed by atoms with E-state index in [1.165, 1.54) is 10.8 Å². The van der Waals surface area contributed by atoms with Gasteiger partial charge in [-0.15, -0.1) is 0 Å². The molecule has 0 fully saturated rings. The molecule has 2 aromatic heterocycles. The molecule has 0 atom stereocenters. The summed E-state index contributed by atoms with van der Waals surface area (Å²) in [6.45, 7) is 0. The van der Waals surface area contributed by atoms with Crippen LogP contribution in [0.3, 0.4) is 0 Å². The first kappa shape index (κ1) is 28.4. The van der Waals surface area contributed by atoms with Gasteiger partial charge in [0.2, 0.25) is 0 Å². The third kappa shape index (κ3) is 3.63. The van der Waals surface area contributed by atoms with Gasteiger partial charge in [0.1, 0.15) is 12.1 Å². The molecule has 0 saturated carbocycles. The molecule has 9 aromatic carbocycles. The first-order chi connectivity index (χ1) is 25.8. The van der Waals surface area contributed by atoms with Crippen LogP contribution in [0.1, 0.15) is 11.1 Å². The zero-order valence-electron chi connectivity index (χ0n) is 27.8. The Hall–Kier alpha value is -7.40. The number of hydrogen-bond acceptors (Lipinski definition) is 2. The minimum absolute atomic E-state index is 0.491. The van der Waals surface area contributed by atoms with E-state index in [9.17, 15) is 10.5 Å². The minimum atomic E-state index is 0.491. The summed E-state index contributed by atoms with van der Waals surface area (Å²) in [5.74, 6) is 0.